The molecular formula is C8H8OS. The molecule has 0 saturated carbocycles. The highest BCUT2D eigenvalue weighted by atomic mass is 32.1. The Bertz CT molecular complexity index is 236. The molecule has 0 saturated heterocycles. The number of hydrogen-bond donors (Lipinski definition) is 0. The highest BCUT2D eigenvalue weighted by Gasteiger charge is 2.03. The first-order valence-electron chi connectivity index (χ1n) is 3.09. The van der Waals surface area contributed by atoms with Crippen LogP contribution in [0.4, 0.5) is 0 Å². The lowest BCUT2D eigenvalue weighted by Crippen LogP contribution is -1.99. The standard InChI is InChI=1S/C8H8OS/c1-6-2-7(5-9)4-8(10)3-6/h2,4-5H,3H2,1H3. The molecule has 1 aliphatic carbocycles. The molecule has 0 aliphatic heterocycles. The van der Waals surface area contributed by atoms with Gasteiger partial charge in [-0.25, -0.2) is 0 Å². The molecule has 0 aromatic rings. The van der Waals surface area contributed by atoms with E-state index in [1.54, 1.807) is 6.08 Å². The topological polar surface area (TPSA) is 17.1 Å². The van der Waals surface area contributed by atoms with Crippen molar-refractivity contribution in [3.05, 3.63) is 23.3 Å². The summed E-state index contributed by atoms with van der Waals surface area (Å²) in [7, 11) is 0. The second-order valence-corrected chi connectivity index (χ2v) is 2.92. The summed E-state index contributed by atoms with van der Waals surface area (Å²) in [6.07, 6.45) is 5.26. The number of carbonyl (C=O) groups excluding carboxylic acids is 1. The smallest absolute Gasteiger partial charge is 0.150 e. The average Bonchev–Trinajstić information content (AvgIpc) is 1.85. The highest BCUT2D eigenvalue weighted by molar-refractivity contribution is 7.80. The summed E-state index contributed by atoms with van der Waals surface area (Å²) in [6, 6.07) is 0. The van der Waals surface area contributed by atoms with Crippen molar-refractivity contribution in [2.24, 2.45) is 0 Å². The van der Waals surface area contributed by atoms with Crippen LogP contribution < -0.4 is 0 Å². The Balaban J connectivity index is 2.92. The molecule has 0 aromatic carbocycles. The first-order chi connectivity index (χ1) is 4.72. The van der Waals surface area contributed by atoms with Gasteiger partial charge in [-0.05, 0) is 13.0 Å². The monoisotopic (exact) mass is 152 g/mol. The molecule has 1 rings (SSSR count). The van der Waals surface area contributed by atoms with Gasteiger partial charge in [-0.15, -0.1) is 0 Å². The molecule has 0 heterocycles. The molecule has 0 N–H and O–H groups in total. The van der Waals surface area contributed by atoms with Gasteiger partial charge in [0.1, 0.15) is 6.29 Å². The van der Waals surface area contributed by atoms with Gasteiger partial charge in [0, 0.05) is 16.9 Å². The molecule has 0 amide bonds. The molecule has 0 bridgehead atoms. The maximum Gasteiger partial charge on any atom is 0.150 e. The lowest BCUT2D eigenvalue weighted by Gasteiger charge is -2.05. The van der Waals surface area contributed by atoms with Gasteiger partial charge < -0.3 is 0 Å². The molecule has 2 heteroatoms. The summed E-state index contributed by atoms with van der Waals surface area (Å²) >= 11 is 4.95. The minimum Gasteiger partial charge on any atom is -0.298 e. The van der Waals surface area contributed by atoms with Crippen LogP contribution in [-0.4, -0.2) is 11.2 Å². The van der Waals surface area contributed by atoms with E-state index >= 15 is 0 Å². The van der Waals surface area contributed by atoms with Gasteiger partial charge in [-0.1, -0.05) is 23.9 Å². The van der Waals surface area contributed by atoms with Crippen LogP contribution in [0.25, 0.3) is 0 Å². The number of allylic oxidation sites excluding steroid dienone is 4. The van der Waals surface area contributed by atoms with Crippen molar-refractivity contribution in [1.29, 1.82) is 0 Å². The van der Waals surface area contributed by atoms with Gasteiger partial charge in [0.05, 0.1) is 0 Å². The number of aldehydes is 1. The summed E-state index contributed by atoms with van der Waals surface area (Å²) in [4.78, 5) is 11.1. The molecule has 0 spiro atoms. The van der Waals surface area contributed by atoms with E-state index in [2.05, 4.69) is 0 Å². The van der Waals surface area contributed by atoms with Crippen LogP contribution in [0, 0.1) is 0 Å². The molecule has 0 atom stereocenters. The molecule has 0 radical (unpaired) electrons. The zero-order chi connectivity index (χ0) is 7.56. The van der Waals surface area contributed by atoms with Gasteiger partial charge in [0.25, 0.3) is 0 Å². The van der Waals surface area contributed by atoms with Gasteiger partial charge in [0.2, 0.25) is 0 Å². The predicted octanol–water partition coefficient (Wildman–Crippen LogP) is 1.83. The van der Waals surface area contributed by atoms with Gasteiger partial charge in [0.15, 0.2) is 0 Å². The fraction of sp³-hybridized carbons (Fsp3) is 0.250. The first kappa shape index (κ1) is 7.35. The fourth-order valence-corrected chi connectivity index (χ4v) is 1.32. The van der Waals surface area contributed by atoms with Crippen molar-refractivity contribution < 1.29 is 4.79 Å². The lowest BCUT2D eigenvalue weighted by molar-refractivity contribution is -0.104. The van der Waals surface area contributed by atoms with E-state index in [1.807, 2.05) is 13.0 Å². The van der Waals surface area contributed by atoms with Crippen LogP contribution in [0.2, 0.25) is 0 Å². The molecule has 52 valence electrons. The Hall–Kier alpha value is -0.760. The Morgan fingerprint density at radius 3 is 2.80 bits per heavy atom. The second-order valence-electron chi connectivity index (χ2n) is 2.40. The number of rotatable bonds is 1. The van der Waals surface area contributed by atoms with Crippen LogP contribution in [0.3, 0.4) is 0 Å². The summed E-state index contributed by atoms with van der Waals surface area (Å²) in [6.45, 7) is 1.98. The van der Waals surface area contributed by atoms with E-state index in [1.165, 1.54) is 0 Å². The van der Waals surface area contributed by atoms with E-state index in [4.69, 9.17) is 12.2 Å². The minimum absolute atomic E-state index is 0.689. The summed E-state index contributed by atoms with van der Waals surface area (Å²) in [5.41, 5.74) is 1.85. The molecule has 1 aliphatic rings. The molecule has 10 heavy (non-hydrogen) atoms. The SMILES string of the molecule is CC1=CC(C=O)=CC(=S)C1. The van der Waals surface area contributed by atoms with Crippen LogP contribution in [0.15, 0.2) is 23.3 Å². The molecule has 1 nitrogen and oxygen atoms in total. The molecule has 0 unspecified atom stereocenters. The fourth-order valence-electron chi connectivity index (χ4n) is 0.957. The van der Waals surface area contributed by atoms with Crippen molar-refractivity contribution in [3.8, 4) is 0 Å². The van der Waals surface area contributed by atoms with E-state index in [9.17, 15) is 4.79 Å². The number of carbonyl (C=O) groups is 1. The average molecular weight is 152 g/mol. The molecule has 0 fully saturated rings. The van der Waals surface area contributed by atoms with Crippen LogP contribution in [0.1, 0.15) is 13.3 Å². The van der Waals surface area contributed by atoms with Gasteiger partial charge in [-0.2, -0.15) is 0 Å². The Kier molecular flexibility index (Phi) is 2.12. The maximum absolute atomic E-state index is 10.3. The van der Waals surface area contributed by atoms with Crippen molar-refractivity contribution >= 4 is 23.4 Å². The van der Waals surface area contributed by atoms with Crippen molar-refractivity contribution in [2.45, 2.75) is 13.3 Å². The third-order valence-corrected chi connectivity index (χ3v) is 1.59. The van der Waals surface area contributed by atoms with Crippen LogP contribution >= 0.6 is 12.2 Å². The van der Waals surface area contributed by atoms with E-state index in [0.29, 0.717) is 5.57 Å². The zero-order valence-corrected chi connectivity index (χ0v) is 6.57. The van der Waals surface area contributed by atoms with Gasteiger partial charge >= 0.3 is 0 Å². The van der Waals surface area contributed by atoms with E-state index in [0.717, 1.165) is 23.1 Å². The maximum atomic E-state index is 10.3. The van der Waals surface area contributed by atoms with Crippen LogP contribution in [-0.2, 0) is 4.79 Å². The minimum atomic E-state index is 0.689. The summed E-state index contributed by atoms with van der Waals surface area (Å²) in [5, 5.41) is 0. The third kappa shape index (κ3) is 1.61. The van der Waals surface area contributed by atoms with Crippen molar-refractivity contribution in [1.82, 2.24) is 0 Å². The van der Waals surface area contributed by atoms with E-state index < -0.39 is 0 Å². The Labute approximate surface area is 65.4 Å². The van der Waals surface area contributed by atoms with Gasteiger partial charge in [-0.3, -0.25) is 4.79 Å². The molecule has 0 aromatic heterocycles. The van der Waals surface area contributed by atoms with Crippen molar-refractivity contribution in [2.75, 3.05) is 0 Å². The highest BCUT2D eigenvalue weighted by Crippen LogP contribution is 2.13. The summed E-state index contributed by atoms with van der Waals surface area (Å²) < 4.78 is 0. The predicted molar refractivity (Wildman–Crippen MR) is 45.1 cm³/mol. The second kappa shape index (κ2) is 2.88. The largest absolute Gasteiger partial charge is 0.298 e. The zero-order valence-electron chi connectivity index (χ0n) is 5.76. The quantitative estimate of drug-likeness (QED) is 0.421. The first-order valence-corrected chi connectivity index (χ1v) is 3.50. The number of thiocarbonyl (C=S) groups is 1. The summed E-state index contributed by atoms with van der Waals surface area (Å²) in [5.74, 6) is 0. The normalized spacial score (nSPS) is 17.9. The lowest BCUT2D eigenvalue weighted by atomic mass is 10.0. The van der Waals surface area contributed by atoms with E-state index in [-0.39, 0.29) is 0 Å². The molecular weight excluding hydrogens is 144 g/mol. The Morgan fingerprint density at radius 2 is 2.30 bits per heavy atom. The van der Waals surface area contributed by atoms with Crippen LogP contribution in [0.5, 0.6) is 0 Å². The van der Waals surface area contributed by atoms with Crippen molar-refractivity contribution in [3.63, 3.8) is 0 Å². The number of hydrogen-bond acceptors (Lipinski definition) is 2. The Morgan fingerprint density at radius 1 is 1.60 bits per heavy atom. The third-order valence-electron chi connectivity index (χ3n) is 1.33.